The van der Waals surface area contributed by atoms with Crippen molar-refractivity contribution in [2.45, 2.75) is 17.3 Å². The van der Waals surface area contributed by atoms with Crippen molar-refractivity contribution in [3.05, 3.63) is 0 Å². The Morgan fingerprint density at radius 3 is 2.80 bits per heavy atom. The summed E-state index contributed by atoms with van der Waals surface area (Å²) in [7, 11) is 0. The van der Waals surface area contributed by atoms with Gasteiger partial charge in [0.1, 0.15) is 6.61 Å². The molecule has 0 aromatic heterocycles. The molecule has 0 aromatic carbocycles. The summed E-state index contributed by atoms with van der Waals surface area (Å²) in [5.74, 6) is -0.305. The monoisotopic (exact) mass is 260 g/mol. The predicted molar refractivity (Wildman–Crippen MR) is 45.0 cm³/mol. The van der Waals surface area contributed by atoms with Gasteiger partial charge in [0.05, 0.1) is 6.67 Å². The highest BCUT2D eigenvalue weighted by Gasteiger charge is 2.04. The van der Waals surface area contributed by atoms with E-state index >= 15 is 0 Å². The molecule has 0 rings (SSSR count). The number of rotatable bonds is 4. The lowest BCUT2D eigenvalue weighted by Gasteiger charge is -2.05. The van der Waals surface area contributed by atoms with Gasteiger partial charge in [-0.2, -0.15) is 0 Å². The van der Waals surface area contributed by atoms with Gasteiger partial charge in [0.2, 0.25) is 0 Å². The van der Waals surface area contributed by atoms with Gasteiger partial charge in [-0.1, -0.05) is 22.6 Å². The quantitative estimate of drug-likeness (QED) is 0.437. The van der Waals surface area contributed by atoms with Crippen LogP contribution in [-0.2, 0) is 9.53 Å². The van der Waals surface area contributed by atoms with Gasteiger partial charge in [0, 0.05) is 10.8 Å². The van der Waals surface area contributed by atoms with Crippen LogP contribution in [0.4, 0.5) is 4.39 Å². The van der Waals surface area contributed by atoms with Gasteiger partial charge in [-0.3, -0.25) is 9.18 Å². The van der Waals surface area contributed by atoms with Gasteiger partial charge in [0.25, 0.3) is 0 Å². The molecule has 60 valence electrons. The summed E-state index contributed by atoms with van der Waals surface area (Å²) in [5, 5.41) is 0. The van der Waals surface area contributed by atoms with Gasteiger partial charge in [-0.05, 0) is 6.42 Å². The molecular formula is C6H10FIO2. The molecule has 0 bridgehead atoms. The first-order chi connectivity index (χ1) is 4.66. The summed E-state index contributed by atoms with van der Waals surface area (Å²) in [6.07, 6.45) is 0.452. The third-order valence-corrected chi connectivity index (χ3v) is 1.87. The fraction of sp³-hybridized carbons (Fsp3) is 0.833. The molecule has 0 aromatic rings. The summed E-state index contributed by atoms with van der Waals surface area (Å²) in [6, 6.07) is 0. The molecule has 0 aliphatic heterocycles. The van der Waals surface area contributed by atoms with Crippen LogP contribution in [0.1, 0.15) is 13.3 Å². The average Bonchev–Trinajstić information content (AvgIpc) is 1.85. The molecule has 1 atom stereocenters. The summed E-state index contributed by atoms with van der Waals surface area (Å²) >= 11 is 2.06. The largest absolute Gasteiger partial charge is 0.465 e. The second-order valence-electron chi connectivity index (χ2n) is 1.88. The zero-order valence-corrected chi connectivity index (χ0v) is 7.93. The molecule has 0 N–H and O–H groups in total. The van der Waals surface area contributed by atoms with Crippen molar-refractivity contribution < 1.29 is 13.9 Å². The number of esters is 1. The minimum absolute atomic E-state index is 0.103. The number of alkyl halides is 2. The highest BCUT2D eigenvalue weighted by molar-refractivity contribution is 14.1. The standard InChI is InChI=1S/C6H10FIO2/c1-5(9)10-4-6(8)2-3-7/h6H,2-4H2,1H3. The Labute approximate surface area is 73.3 Å². The van der Waals surface area contributed by atoms with Crippen molar-refractivity contribution in [3.8, 4) is 0 Å². The van der Waals surface area contributed by atoms with Gasteiger partial charge >= 0.3 is 5.97 Å². The Morgan fingerprint density at radius 1 is 1.80 bits per heavy atom. The number of ether oxygens (including phenoxy) is 1. The first-order valence-electron chi connectivity index (χ1n) is 3.00. The molecule has 0 fully saturated rings. The van der Waals surface area contributed by atoms with E-state index in [0.717, 1.165) is 0 Å². The van der Waals surface area contributed by atoms with E-state index in [1.807, 2.05) is 0 Å². The lowest BCUT2D eigenvalue weighted by molar-refractivity contribution is -0.140. The molecule has 0 heterocycles. The van der Waals surface area contributed by atoms with E-state index in [1.165, 1.54) is 6.92 Å². The first kappa shape index (κ1) is 10.1. The van der Waals surface area contributed by atoms with Gasteiger partial charge in [-0.25, -0.2) is 0 Å². The second kappa shape index (κ2) is 5.88. The SMILES string of the molecule is CC(=O)OCC(I)CCF. The lowest BCUT2D eigenvalue weighted by Crippen LogP contribution is -2.11. The smallest absolute Gasteiger partial charge is 0.302 e. The fourth-order valence-corrected chi connectivity index (χ4v) is 0.825. The maximum atomic E-state index is 11.6. The molecule has 0 saturated carbocycles. The number of hydrogen-bond donors (Lipinski definition) is 0. The molecule has 2 nitrogen and oxygen atoms in total. The minimum atomic E-state index is -0.352. The van der Waals surface area contributed by atoms with E-state index in [1.54, 1.807) is 0 Å². The number of halogens is 2. The van der Waals surface area contributed by atoms with Crippen LogP contribution >= 0.6 is 22.6 Å². The Hall–Kier alpha value is 0.130. The van der Waals surface area contributed by atoms with E-state index in [-0.39, 0.29) is 16.6 Å². The summed E-state index contributed by atoms with van der Waals surface area (Å²) in [6.45, 7) is 1.31. The van der Waals surface area contributed by atoms with Crippen molar-refractivity contribution in [2.75, 3.05) is 13.3 Å². The zero-order valence-electron chi connectivity index (χ0n) is 5.77. The van der Waals surface area contributed by atoms with Crippen LogP contribution in [-0.4, -0.2) is 23.2 Å². The van der Waals surface area contributed by atoms with Crippen LogP contribution in [0.2, 0.25) is 0 Å². The topological polar surface area (TPSA) is 26.3 Å². The van der Waals surface area contributed by atoms with Crippen LogP contribution in [0.15, 0.2) is 0 Å². The van der Waals surface area contributed by atoms with Gasteiger partial charge < -0.3 is 4.74 Å². The Balaban J connectivity index is 3.21. The van der Waals surface area contributed by atoms with E-state index in [0.29, 0.717) is 13.0 Å². The molecule has 10 heavy (non-hydrogen) atoms. The van der Waals surface area contributed by atoms with E-state index < -0.39 is 0 Å². The van der Waals surface area contributed by atoms with Crippen molar-refractivity contribution in [2.24, 2.45) is 0 Å². The Morgan fingerprint density at radius 2 is 2.40 bits per heavy atom. The van der Waals surface area contributed by atoms with Crippen LogP contribution in [0.3, 0.4) is 0 Å². The van der Waals surface area contributed by atoms with Gasteiger partial charge in [-0.15, -0.1) is 0 Å². The van der Waals surface area contributed by atoms with Gasteiger partial charge in [0.15, 0.2) is 0 Å². The third-order valence-electron chi connectivity index (χ3n) is 0.890. The summed E-state index contributed by atoms with van der Waals surface area (Å²) < 4.78 is 16.4. The van der Waals surface area contributed by atoms with Crippen molar-refractivity contribution in [1.29, 1.82) is 0 Å². The molecule has 0 spiro atoms. The maximum Gasteiger partial charge on any atom is 0.302 e. The first-order valence-corrected chi connectivity index (χ1v) is 4.24. The van der Waals surface area contributed by atoms with E-state index in [2.05, 4.69) is 27.3 Å². The average molecular weight is 260 g/mol. The summed E-state index contributed by atoms with van der Waals surface area (Å²) in [4.78, 5) is 10.2. The highest BCUT2D eigenvalue weighted by Crippen LogP contribution is 2.06. The molecule has 1 unspecified atom stereocenters. The molecule has 4 heteroatoms. The Kier molecular flexibility index (Phi) is 5.96. The molecule has 0 aliphatic rings. The maximum absolute atomic E-state index is 11.6. The van der Waals surface area contributed by atoms with Crippen LogP contribution in [0.25, 0.3) is 0 Å². The van der Waals surface area contributed by atoms with Crippen molar-refractivity contribution in [1.82, 2.24) is 0 Å². The molecule has 0 aliphatic carbocycles. The molecule has 0 saturated heterocycles. The normalized spacial score (nSPS) is 12.7. The third kappa shape index (κ3) is 6.25. The molecule has 0 amide bonds. The second-order valence-corrected chi connectivity index (χ2v) is 3.64. The fourth-order valence-electron chi connectivity index (χ4n) is 0.410. The molecular weight excluding hydrogens is 250 g/mol. The zero-order chi connectivity index (χ0) is 7.98. The molecule has 0 radical (unpaired) electrons. The van der Waals surface area contributed by atoms with Crippen molar-refractivity contribution in [3.63, 3.8) is 0 Å². The number of carbonyl (C=O) groups is 1. The van der Waals surface area contributed by atoms with E-state index in [4.69, 9.17) is 0 Å². The minimum Gasteiger partial charge on any atom is -0.465 e. The number of hydrogen-bond acceptors (Lipinski definition) is 2. The van der Waals surface area contributed by atoms with E-state index in [9.17, 15) is 9.18 Å². The Bertz CT molecular complexity index is 108. The van der Waals surface area contributed by atoms with Crippen LogP contribution in [0.5, 0.6) is 0 Å². The van der Waals surface area contributed by atoms with Crippen LogP contribution in [0, 0.1) is 0 Å². The van der Waals surface area contributed by atoms with Crippen molar-refractivity contribution >= 4 is 28.6 Å². The highest BCUT2D eigenvalue weighted by atomic mass is 127. The predicted octanol–water partition coefficient (Wildman–Crippen LogP) is 1.71. The summed E-state index contributed by atoms with van der Waals surface area (Å²) in [5.41, 5.74) is 0. The lowest BCUT2D eigenvalue weighted by atomic mass is 10.3. The number of carbonyl (C=O) groups excluding carboxylic acids is 1. The van der Waals surface area contributed by atoms with Crippen LogP contribution < -0.4 is 0 Å².